The third-order valence-electron chi connectivity index (χ3n) is 5.73. The van der Waals surface area contributed by atoms with Crippen LogP contribution in [0.5, 0.6) is 5.75 Å². The summed E-state index contributed by atoms with van der Waals surface area (Å²) < 4.78 is 6.25. The lowest BCUT2D eigenvalue weighted by Crippen LogP contribution is -2.25. The Labute approximate surface area is 153 Å². The number of aliphatic carboxylic acids is 1. The van der Waals surface area contributed by atoms with Gasteiger partial charge in [-0.05, 0) is 48.4 Å². The van der Waals surface area contributed by atoms with E-state index >= 15 is 0 Å². The number of fused-ring (bicyclic) bond motifs is 1. The Morgan fingerprint density at radius 2 is 1.92 bits per heavy atom. The Kier molecular flexibility index (Phi) is 4.68. The van der Waals surface area contributed by atoms with Gasteiger partial charge in [-0.3, -0.25) is 4.79 Å². The smallest absolute Gasteiger partial charge is 0.306 e. The lowest BCUT2D eigenvalue weighted by Gasteiger charge is -2.27. The quantitative estimate of drug-likeness (QED) is 0.883. The number of ether oxygens (including phenoxy) is 1. The van der Waals surface area contributed by atoms with Crippen molar-refractivity contribution in [1.29, 1.82) is 0 Å². The molecule has 4 unspecified atom stereocenters. The minimum atomic E-state index is -0.816. The van der Waals surface area contributed by atoms with Gasteiger partial charge in [0.1, 0.15) is 11.9 Å². The maximum Gasteiger partial charge on any atom is 0.306 e. The first-order valence-corrected chi connectivity index (χ1v) is 9.34. The maximum absolute atomic E-state index is 11.2. The Balaban J connectivity index is 1.50. The van der Waals surface area contributed by atoms with Gasteiger partial charge in [0, 0.05) is 12.3 Å². The number of carboxylic acids is 1. The molecule has 2 aliphatic rings. The maximum atomic E-state index is 11.2. The van der Waals surface area contributed by atoms with E-state index in [1.54, 1.807) is 0 Å². The largest absolute Gasteiger partial charge is 0.490 e. The summed E-state index contributed by atoms with van der Waals surface area (Å²) in [4.78, 5) is 11.2. The SMILES string of the molecule is O=C(O)C1CC(O)C(c2ccc3c(c2)OC(Cc2ccccc2)CC3)C1. The van der Waals surface area contributed by atoms with Gasteiger partial charge in [-0.1, -0.05) is 42.5 Å². The average Bonchev–Trinajstić information content (AvgIpc) is 3.04. The summed E-state index contributed by atoms with van der Waals surface area (Å²) in [5.74, 6) is -0.512. The number of carbonyl (C=O) groups is 1. The highest BCUT2D eigenvalue weighted by Crippen LogP contribution is 2.41. The van der Waals surface area contributed by atoms with Gasteiger partial charge in [0.25, 0.3) is 0 Å². The van der Waals surface area contributed by atoms with Crippen LogP contribution in [-0.2, 0) is 17.6 Å². The van der Waals surface area contributed by atoms with Crippen molar-refractivity contribution in [2.75, 3.05) is 0 Å². The van der Waals surface area contributed by atoms with Crippen LogP contribution in [0.2, 0.25) is 0 Å². The molecular weight excluding hydrogens is 328 g/mol. The molecule has 1 heterocycles. The summed E-state index contributed by atoms with van der Waals surface area (Å²) in [6.07, 6.45) is 3.24. The van der Waals surface area contributed by atoms with Crippen LogP contribution in [0.3, 0.4) is 0 Å². The second-order valence-electron chi connectivity index (χ2n) is 7.52. The number of aryl methyl sites for hydroxylation is 1. The zero-order chi connectivity index (χ0) is 18.1. The van der Waals surface area contributed by atoms with E-state index in [4.69, 9.17) is 4.74 Å². The van der Waals surface area contributed by atoms with Gasteiger partial charge in [-0.25, -0.2) is 0 Å². The monoisotopic (exact) mass is 352 g/mol. The predicted octanol–water partition coefficient (Wildman–Crippen LogP) is 3.56. The molecule has 136 valence electrons. The molecule has 0 spiro atoms. The molecule has 2 aromatic rings. The fraction of sp³-hybridized carbons (Fsp3) is 0.409. The van der Waals surface area contributed by atoms with E-state index in [1.165, 1.54) is 11.1 Å². The Morgan fingerprint density at radius 3 is 2.65 bits per heavy atom. The molecule has 4 nitrogen and oxygen atoms in total. The van der Waals surface area contributed by atoms with E-state index in [0.717, 1.165) is 30.6 Å². The first-order chi connectivity index (χ1) is 12.6. The van der Waals surface area contributed by atoms with Crippen LogP contribution in [-0.4, -0.2) is 28.4 Å². The first kappa shape index (κ1) is 17.1. The van der Waals surface area contributed by atoms with Crippen LogP contribution in [0.25, 0.3) is 0 Å². The van der Waals surface area contributed by atoms with Crippen LogP contribution in [0.15, 0.2) is 48.5 Å². The van der Waals surface area contributed by atoms with E-state index in [-0.39, 0.29) is 12.0 Å². The Bertz CT molecular complexity index is 786. The van der Waals surface area contributed by atoms with Gasteiger partial charge >= 0.3 is 5.97 Å². The molecule has 1 saturated carbocycles. The van der Waals surface area contributed by atoms with Crippen molar-refractivity contribution in [1.82, 2.24) is 0 Å². The standard InChI is InChI=1S/C22H24O4/c23-20-12-17(22(24)25)11-19(20)16-7-6-15-8-9-18(26-21(15)13-16)10-14-4-2-1-3-5-14/h1-7,13,17-20,23H,8-12H2,(H,24,25). The molecule has 4 rings (SSSR count). The topological polar surface area (TPSA) is 66.8 Å². The van der Waals surface area contributed by atoms with Crippen molar-refractivity contribution < 1.29 is 19.7 Å². The normalized spacial score (nSPS) is 27.6. The zero-order valence-electron chi connectivity index (χ0n) is 14.7. The molecule has 1 fully saturated rings. The molecule has 2 aromatic carbocycles. The van der Waals surface area contributed by atoms with Gasteiger partial charge in [-0.2, -0.15) is 0 Å². The van der Waals surface area contributed by atoms with Gasteiger partial charge in [0.05, 0.1) is 12.0 Å². The highest BCUT2D eigenvalue weighted by atomic mass is 16.5. The van der Waals surface area contributed by atoms with Crippen molar-refractivity contribution in [2.24, 2.45) is 5.92 Å². The van der Waals surface area contributed by atoms with E-state index in [0.29, 0.717) is 12.8 Å². The molecule has 1 aliphatic carbocycles. The van der Waals surface area contributed by atoms with E-state index in [1.807, 2.05) is 30.3 Å². The highest BCUT2D eigenvalue weighted by Gasteiger charge is 2.38. The van der Waals surface area contributed by atoms with Crippen LogP contribution >= 0.6 is 0 Å². The highest BCUT2D eigenvalue weighted by molar-refractivity contribution is 5.70. The van der Waals surface area contributed by atoms with E-state index in [2.05, 4.69) is 18.2 Å². The molecule has 4 atom stereocenters. The van der Waals surface area contributed by atoms with Crippen molar-refractivity contribution in [3.05, 3.63) is 65.2 Å². The Hall–Kier alpha value is -2.33. The molecule has 0 radical (unpaired) electrons. The number of hydrogen-bond acceptors (Lipinski definition) is 3. The number of carboxylic acid groups (broad SMARTS) is 1. The van der Waals surface area contributed by atoms with Crippen LogP contribution in [0, 0.1) is 5.92 Å². The minimum absolute atomic E-state index is 0.125. The first-order valence-electron chi connectivity index (χ1n) is 9.34. The second-order valence-corrected chi connectivity index (χ2v) is 7.52. The number of benzene rings is 2. The zero-order valence-corrected chi connectivity index (χ0v) is 14.7. The molecule has 26 heavy (non-hydrogen) atoms. The molecule has 0 saturated heterocycles. The van der Waals surface area contributed by atoms with Crippen molar-refractivity contribution >= 4 is 5.97 Å². The lowest BCUT2D eigenvalue weighted by molar-refractivity contribution is -0.141. The predicted molar refractivity (Wildman–Crippen MR) is 98.4 cm³/mol. The molecule has 0 aromatic heterocycles. The molecule has 0 amide bonds. The van der Waals surface area contributed by atoms with Crippen LogP contribution in [0.1, 0.15) is 41.9 Å². The third kappa shape index (κ3) is 3.47. The summed E-state index contributed by atoms with van der Waals surface area (Å²) in [7, 11) is 0. The summed E-state index contributed by atoms with van der Waals surface area (Å²) in [5.41, 5.74) is 3.45. The summed E-state index contributed by atoms with van der Waals surface area (Å²) in [6.45, 7) is 0. The number of aliphatic hydroxyl groups excluding tert-OH is 1. The van der Waals surface area contributed by atoms with Crippen molar-refractivity contribution in [3.63, 3.8) is 0 Å². The van der Waals surface area contributed by atoms with Gasteiger partial charge in [0.2, 0.25) is 0 Å². The summed E-state index contributed by atoms with van der Waals surface area (Å²) in [5, 5.41) is 19.5. The van der Waals surface area contributed by atoms with Crippen molar-refractivity contribution in [3.8, 4) is 5.75 Å². The molecule has 4 heteroatoms. The molecular formula is C22H24O4. The Morgan fingerprint density at radius 1 is 1.12 bits per heavy atom. The number of rotatable bonds is 4. The number of hydrogen-bond donors (Lipinski definition) is 2. The lowest BCUT2D eigenvalue weighted by atomic mass is 9.91. The fourth-order valence-corrected chi connectivity index (χ4v) is 4.27. The van der Waals surface area contributed by atoms with Crippen LogP contribution in [0.4, 0.5) is 0 Å². The van der Waals surface area contributed by atoms with Gasteiger partial charge in [-0.15, -0.1) is 0 Å². The van der Waals surface area contributed by atoms with E-state index in [9.17, 15) is 15.0 Å². The van der Waals surface area contributed by atoms with Gasteiger partial charge in [0.15, 0.2) is 0 Å². The summed E-state index contributed by atoms with van der Waals surface area (Å²) in [6, 6.07) is 16.5. The minimum Gasteiger partial charge on any atom is -0.490 e. The summed E-state index contributed by atoms with van der Waals surface area (Å²) >= 11 is 0. The molecule has 1 aliphatic heterocycles. The fourth-order valence-electron chi connectivity index (χ4n) is 4.27. The number of aliphatic hydroxyl groups is 1. The molecule has 0 bridgehead atoms. The average molecular weight is 352 g/mol. The van der Waals surface area contributed by atoms with Crippen molar-refractivity contribution in [2.45, 2.75) is 50.2 Å². The molecule has 2 N–H and O–H groups in total. The van der Waals surface area contributed by atoms with Crippen LogP contribution < -0.4 is 4.74 Å². The third-order valence-corrected chi connectivity index (χ3v) is 5.73. The van der Waals surface area contributed by atoms with E-state index < -0.39 is 18.0 Å². The second kappa shape index (κ2) is 7.12. The van der Waals surface area contributed by atoms with Gasteiger partial charge < -0.3 is 14.9 Å².